The lowest BCUT2D eigenvalue weighted by atomic mass is 9.86. The Labute approximate surface area is 53.1 Å². The second kappa shape index (κ2) is 2.24. The van der Waals surface area contributed by atoms with Gasteiger partial charge in [-0.3, -0.25) is 0 Å². The molecule has 0 bridgehead atoms. The van der Waals surface area contributed by atoms with Crippen LogP contribution in [0, 0.1) is 0 Å². The van der Waals surface area contributed by atoms with E-state index in [9.17, 15) is 0 Å². The zero-order chi connectivity index (χ0) is 7.71. The van der Waals surface area contributed by atoms with Crippen LogP contribution in [0.25, 0.3) is 0 Å². The van der Waals surface area contributed by atoms with Gasteiger partial charge in [0.2, 0.25) is 5.79 Å². The van der Waals surface area contributed by atoms with Crippen molar-refractivity contribution in [3.8, 4) is 0 Å². The normalized spacial score (nSPS) is 13.9. The van der Waals surface area contributed by atoms with E-state index in [1.807, 2.05) is 0 Å². The summed E-state index contributed by atoms with van der Waals surface area (Å²) in [7, 11) is 0.833. The summed E-state index contributed by atoms with van der Waals surface area (Å²) in [5.74, 6) is -2.63. The first-order valence-electron chi connectivity index (χ1n) is 2.41. The van der Waals surface area contributed by atoms with Gasteiger partial charge in [-0.05, 0) is 0 Å². The zero-order valence-corrected chi connectivity index (χ0v) is 5.07. The third-order valence-corrected chi connectivity index (χ3v) is 1.04. The van der Waals surface area contributed by atoms with E-state index >= 15 is 0 Å². The van der Waals surface area contributed by atoms with Crippen LogP contribution < -0.4 is 5.73 Å². The molecular formula is C3H10BNO4. The molecule has 0 atom stereocenters. The fraction of sp³-hybridized carbons (Fsp3) is 1.00. The summed E-state index contributed by atoms with van der Waals surface area (Å²) in [6.07, 6.45) is 0. The first-order valence-corrected chi connectivity index (χ1v) is 2.41. The number of rotatable bonds is 2. The Balaban J connectivity index is 4.14. The Morgan fingerprint density at radius 3 is 1.56 bits per heavy atom. The van der Waals surface area contributed by atoms with E-state index in [0.29, 0.717) is 0 Å². The summed E-state index contributed by atoms with van der Waals surface area (Å²) in [5.41, 5.74) is 2.20. The highest BCUT2D eigenvalue weighted by Crippen LogP contribution is 2.10. The molecule has 0 aromatic rings. The summed E-state index contributed by atoms with van der Waals surface area (Å²) in [5, 5.41) is 34.2. The highest BCUT2D eigenvalue weighted by molar-refractivity contribution is 6.13. The predicted octanol–water partition coefficient (Wildman–Crippen LogP) is -4.10. The Hall–Kier alpha value is -0.135. The molecule has 0 unspecified atom stereocenters. The zero-order valence-electron chi connectivity index (χ0n) is 5.07. The Bertz CT molecular complexity index is 98.5. The molecule has 0 amide bonds. The second-order valence-corrected chi connectivity index (χ2v) is 2.04. The van der Waals surface area contributed by atoms with Crippen molar-refractivity contribution in [1.82, 2.24) is 0 Å². The quantitative estimate of drug-likeness (QED) is 0.195. The lowest BCUT2D eigenvalue weighted by Crippen LogP contribution is -2.59. The summed E-state index contributed by atoms with van der Waals surface area (Å²) in [6, 6.07) is 0. The lowest BCUT2D eigenvalue weighted by molar-refractivity contribution is -0.308. The van der Waals surface area contributed by atoms with Crippen LogP contribution >= 0.6 is 0 Å². The van der Waals surface area contributed by atoms with Crippen LogP contribution in [0.15, 0.2) is 0 Å². The van der Waals surface area contributed by atoms with Gasteiger partial charge in [0.1, 0.15) is 0 Å². The first kappa shape index (κ1) is 8.86. The Morgan fingerprint density at radius 2 is 1.56 bits per heavy atom. The topological polar surface area (TPSA) is 107 Å². The maximum absolute atomic E-state index is 8.59. The molecule has 0 radical (unpaired) electrons. The van der Waals surface area contributed by atoms with Crippen molar-refractivity contribution in [3.05, 3.63) is 0 Å². The highest BCUT2D eigenvalue weighted by atomic mass is 16.6. The largest absolute Gasteiger partial charge is 0.369 e. The minimum Gasteiger partial charge on any atom is -0.369 e. The molecule has 0 saturated carbocycles. The van der Waals surface area contributed by atoms with Gasteiger partial charge in [0, 0.05) is 0 Å². The Kier molecular flexibility index (Phi) is 2.21. The number of hydrogen-bond donors (Lipinski definition) is 5. The fourth-order valence-electron chi connectivity index (χ4n) is 0.193. The van der Waals surface area contributed by atoms with E-state index in [2.05, 4.69) is 0 Å². The van der Waals surface area contributed by atoms with Gasteiger partial charge in [-0.15, -0.1) is 0 Å². The van der Waals surface area contributed by atoms with Gasteiger partial charge in [-0.1, -0.05) is 0 Å². The van der Waals surface area contributed by atoms with Crippen molar-refractivity contribution < 1.29 is 20.4 Å². The van der Waals surface area contributed by atoms with Gasteiger partial charge in [0.15, 0.2) is 13.5 Å². The number of nitrogens with two attached hydrogens (primary N) is 1. The first-order chi connectivity index (χ1) is 3.81. The van der Waals surface area contributed by atoms with Crippen molar-refractivity contribution in [2.75, 3.05) is 6.54 Å². The molecule has 54 valence electrons. The monoisotopic (exact) mass is 135 g/mol. The molecule has 5 nitrogen and oxygen atoms in total. The molecule has 9 heavy (non-hydrogen) atoms. The third kappa shape index (κ3) is 1.92. The minimum atomic E-state index is -2.63. The predicted molar refractivity (Wildman–Crippen MR) is 31.9 cm³/mol. The summed E-state index contributed by atoms with van der Waals surface area (Å²) in [4.78, 5) is 0. The van der Waals surface area contributed by atoms with Gasteiger partial charge in [-0.2, -0.15) is 0 Å². The standard InChI is InChI=1S/C3H10BNO4/c4-3(8,9)2(6,7)1-5/h6-9H,1,4-5H2. The maximum Gasteiger partial charge on any atom is 0.221 e. The van der Waals surface area contributed by atoms with Gasteiger partial charge in [0.25, 0.3) is 0 Å². The Morgan fingerprint density at radius 1 is 1.22 bits per heavy atom. The molecule has 0 aromatic carbocycles. The third-order valence-electron chi connectivity index (χ3n) is 1.04. The second-order valence-electron chi connectivity index (χ2n) is 2.04. The molecule has 0 aliphatic carbocycles. The van der Waals surface area contributed by atoms with Crippen molar-refractivity contribution in [2.24, 2.45) is 5.73 Å². The van der Waals surface area contributed by atoms with Crippen LogP contribution in [0.1, 0.15) is 0 Å². The average Bonchev–Trinajstić information content (AvgIpc) is 1.64. The van der Waals surface area contributed by atoms with Crippen LogP contribution in [0.3, 0.4) is 0 Å². The van der Waals surface area contributed by atoms with Gasteiger partial charge < -0.3 is 26.2 Å². The molecule has 6 heteroatoms. The number of hydrogen-bond acceptors (Lipinski definition) is 5. The van der Waals surface area contributed by atoms with Crippen molar-refractivity contribution >= 4 is 7.85 Å². The molecule has 0 saturated heterocycles. The molecule has 0 aliphatic rings. The fourth-order valence-corrected chi connectivity index (χ4v) is 0.193. The number of aliphatic hydroxyl groups is 4. The molecule has 0 aromatic heterocycles. The lowest BCUT2D eigenvalue weighted by Gasteiger charge is -2.30. The average molecular weight is 135 g/mol. The highest BCUT2D eigenvalue weighted by Gasteiger charge is 2.40. The van der Waals surface area contributed by atoms with E-state index in [4.69, 9.17) is 26.2 Å². The van der Waals surface area contributed by atoms with Crippen molar-refractivity contribution in [3.63, 3.8) is 0 Å². The van der Waals surface area contributed by atoms with Gasteiger partial charge in [-0.25, -0.2) is 0 Å². The minimum absolute atomic E-state index is 0.628. The van der Waals surface area contributed by atoms with E-state index < -0.39 is 18.0 Å². The molecule has 0 aliphatic heterocycles. The van der Waals surface area contributed by atoms with Crippen LogP contribution in [-0.4, -0.2) is 46.3 Å². The van der Waals surface area contributed by atoms with E-state index in [-0.39, 0.29) is 0 Å². The maximum atomic E-state index is 8.59. The molecule has 0 spiro atoms. The molecule has 0 fully saturated rings. The summed E-state index contributed by atoms with van der Waals surface area (Å²) < 4.78 is 0. The smallest absolute Gasteiger partial charge is 0.221 e. The molecular weight excluding hydrogens is 125 g/mol. The van der Waals surface area contributed by atoms with Gasteiger partial charge in [0.05, 0.1) is 6.54 Å². The van der Waals surface area contributed by atoms with Crippen molar-refractivity contribution in [2.45, 2.75) is 11.5 Å². The SMILES string of the molecule is BC(O)(O)C(O)(O)CN. The molecule has 0 rings (SSSR count). The van der Waals surface area contributed by atoms with Crippen LogP contribution in [0.5, 0.6) is 0 Å². The van der Waals surface area contributed by atoms with Crippen LogP contribution in [0.4, 0.5) is 0 Å². The molecule has 0 heterocycles. The summed E-state index contributed by atoms with van der Waals surface area (Å²) in [6.45, 7) is -0.628. The van der Waals surface area contributed by atoms with Crippen LogP contribution in [-0.2, 0) is 0 Å². The molecule has 6 N–H and O–H groups in total. The van der Waals surface area contributed by atoms with Gasteiger partial charge >= 0.3 is 0 Å². The van der Waals surface area contributed by atoms with Crippen molar-refractivity contribution in [1.29, 1.82) is 0 Å². The van der Waals surface area contributed by atoms with E-state index in [1.54, 1.807) is 0 Å². The van der Waals surface area contributed by atoms with E-state index in [0.717, 1.165) is 7.85 Å². The van der Waals surface area contributed by atoms with E-state index in [1.165, 1.54) is 0 Å². The van der Waals surface area contributed by atoms with Crippen LogP contribution in [0.2, 0.25) is 0 Å². The summed E-state index contributed by atoms with van der Waals surface area (Å²) >= 11 is 0.